The largest absolute Gasteiger partial charge is 0.359 e. The number of nitrogens with zero attached hydrogens (tertiary/aromatic N) is 3. The molecule has 0 radical (unpaired) electrons. The SMILES string of the molecule is CNC(=O)C[C@H]1CN(Cc2cc(C)ccc2C)Cc2ccnn21. The number of aromatic nitrogens is 2. The van der Waals surface area contributed by atoms with Crippen LogP contribution in [0.4, 0.5) is 0 Å². The third-order valence-electron chi connectivity index (χ3n) is 4.55. The molecule has 0 fully saturated rings. The Morgan fingerprint density at radius 1 is 1.35 bits per heavy atom. The van der Waals surface area contributed by atoms with Crippen LogP contribution >= 0.6 is 0 Å². The third-order valence-corrected chi connectivity index (χ3v) is 4.55. The maximum Gasteiger partial charge on any atom is 0.221 e. The predicted molar refractivity (Wildman–Crippen MR) is 90.0 cm³/mol. The van der Waals surface area contributed by atoms with Gasteiger partial charge in [-0.3, -0.25) is 14.4 Å². The molecule has 0 saturated heterocycles. The highest BCUT2D eigenvalue weighted by molar-refractivity contribution is 5.76. The molecular weight excluding hydrogens is 288 g/mol. The number of fused-ring (bicyclic) bond motifs is 1. The Morgan fingerprint density at radius 3 is 2.96 bits per heavy atom. The van der Waals surface area contributed by atoms with Crippen LogP contribution in [0.2, 0.25) is 0 Å². The standard InChI is InChI=1S/C18H24N4O/c1-13-4-5-14(2)15(8-13)10-21-11-16-6-7-20-22(16)17(12-21)9-18(23)19-3/h4-8,17H,9-12H2,1-3H3,(H,19,23)/t17-/m0/s1. The minimum Gasteiger partial charge on any atom is -0.359 e. The van der Waals surface area contributed by atoms with E-state index in [9.17, 15) is 4.79 Å². The molecule has 1 aliphatic rings. The van der Waals surface area contributed by atoms with E-state index in [1.54, 1.807) is 7.05 Å². The van der Waals surface area contributed by atoms with Gasteiger partial charge in [0.2, 0.25) is 5.91 Å². The van der Waals surface area contributed by atoms with Gasteiger partial charge >= 0.3 is 0 Å². The van der Waals surface area contributed by atoms with E-state index in [1.807, 2.05) is 16.9 Å². The molecule has 23 heavy (non-hydrogen) atoms. The number of carbonyl (C=O) groups excluding carboxylic acids is 1. The fourth-order valence-electron chi connectivity index (χ4n) is 3.26. The summed E-state index contributed by atoms with van der Waals surface area (Å²) >= 11 is 0. The van der Waals surface area contributed by atoms with E-state index < -0.39 is 0 Å². The molecule has 1 atom stereocenters. The smallest absolute Gasteiger partial charge is 0.221 e. The molecule has 0 bridgehead atoms. The lowest BCUT2D eigenvalue weighted by molar-refractivity contribution is -0.121. The average molecular weight is 312 g/mol. The Kier molecular flexibility index (Phi) is 4.48. The summed E-state index contributed by atoms with van der Waals surface area (Å²) in [5.41, 5.74) is 5.14. The number of carbonyl (C=O) groups is 1. The first kappa shape index (κ1) is 15.7. The molecule has 5 heteroatoms. The van der Waals surface area contributed by atoms with Crippen molar-refractivity contribution < 1.29 is 4.79 Å². The van der Waals surface area contributed by atoms with Crippen molar-refractivity contribution in [2.45, 2.75) is 39.4 Å². The molecule has 1 aliphatic heterocycles. The van der Waals surface area contributed by atoms with Gasteiger partial charge in [-0.25, -0.2) is 0 Å². The average Bonchev–Trinajstić information content (AvgIpc) is 2.99. The summed E-state index contributed by atoms with van der Waals surface area (Å²) in [6.45, 7) is 6.91. The van der Waals surface area contributed by atoms with Gasteiger partial charge in [0, 0.05) is 32.9 Å². The number of aryl methyl sites for hydroxylation is 2. The molecule has 0 unspecified atom stereocenters. The van der Waals surface area contributed by atoms with Gasteiger partial charge in [-0.2, -0.15) is 5.10 Å². The zero-order chi connectivity index (χ0) is 16.4. The molecular formula is C18H24N4O. The fraction of sp³-hybridized carbons (Fsp3) is 0.444. The monoisotopic (exact) mass is 312 g/mol. The van der Waals surface area contributed by atoms with Gasteiger partial charge in [-0.1, -0.05) is 23.8 Å². The summed E-state index contributed by atoms with van der Waals surface area (Å²) in [5.74, 6) is 0.0602. The lowest BCUT2D eigenvalue weighted by Gasteiger charge is -2.34. The van der Waals surface area contributed by atoms with Crippen LogP contribution in [0, 0.1) is 13.8 Å². The molecule has 5 nitrogen and oxygen atoms in total. The van der Waals surface area contributed by atoms with Crippen LogP contribution in [0.1, 0.15) is 34.8 Å². The summed E-state index contributed by atoms with van der Waals surface area (Å²) in [7, 11) is 1.68. The van der Waals surface area contributed by atoms with E-state index >= 15 is 0 Å². The predicted octanol–water partition coefficient (Wildman–Crippen LogP) is 2.19. The summed E-state index contributed by atoms with van der Waals surface area (Å²) in [6.07, 6.45) is 2.29. The lowest BCUT2D eigenvalue weighted by Crippen LogP contribution is -2.39. The highest BCUT2D eigenvalue weighted by atomic mass is 16.1. The second kappa shape index (κ2) is 6.54. The quantitative estimate of drug-likeness (QED) is 0.941. The van der Waals surface area contributed by atoms with Crippen molar-refractivity contribution >= 4 is 5.91 Å². The first-order valence-electron chi connectivity index (χ1n) is 8.08. The van der Waals surface area contributed by atoms with Gasteiger partial charge in [0.25, 0.3) is 0 Å². The second-order valence-electron chi connectivity index (χ2n) is 6.40. The van der Waals surface area contributed by atoms with Crippen LogP contribution in [-0.2, 0) is 17.9 Å². The van der Waals surface area contributed by atoms with Crippen LogP contribution in [0.5, 0.6) is 0 Å². The lowest BCUT2D eigenvalue weighted by atomic mass is 10.0. The van der Waals surface area contributed by atoms with Crippen LogP contribution in [0.25, 0.3) is 0 Å². The first-order chi connectivity index (χ1) is 11.1. The number of benzene rings is 1. The van der Waals surface area contributed by atoms with Crippen molar-refractivity contribution in [2.24, 2.45) is 0 Å². The minimum absolute atomic E-state index is 0.0602. The van der Waals surface area contributed by atoms with E-state index in [4.69, 9.17) is 0 Å². The Hall–Kier alpha value is -2.14. The molecule has 1 amide bonds. The van der Waals surface area contributed by atoms with Crippen molar-refractivity contribution in [1.29, 1.82) is 0 Å². The second-order valence-corrected chi connectivity index (χ2v) is 6.40. The Morgan fingerprint density at radius 2 is 2.17 bits per heavy atom. The normalized spacial score (nSPS) is 17.8. The van der Waals surface area contributed by atoms with Crippen LogP contribution in [0.15, 0.2) is 30.5 Å². The van der Waals surface area contributed by atoms with Crippen molar-refractivity contribution in [3.8, 4) is 0 Å². The number of hydrogen-bond acceptors (Lipinski definition) is 3. The molecule has 1 aromatic heterocycles. The van der Waals surface area contributed by atoms with Crippen LogP contribution in [-0.4, -0.2) is 34.2 Å². The number of nitrogens with one attached hydrogen (secondary N) is 1. The Bertz CT molecular complexity index is 707. The molecule has 0 aliphatic carbocycles. The fourth-order valence-corrected chi connectivity index (χ4v) is 3.26. The highest BCUT2D eigenvalue weighted by Gasteiger charge is 2.27. The van der Waals surface area contributed by atoms with Gasteiger partial charge in [-0.15, -0.1) is 0 Å². The molecule has 1 aromatic carbocycles. The molecule has 2 aromatic rings. The van der Waals surface area contributed by atoms with Crippen molar-refractivity contribution in [3.63, 3.8) is 0 Å². The van der Waals surface area contributed by atoms with Crippen LogP contribution in [0.3, 0.4) is 0 Å². The molecule has 0 spiro atoms. The van der Waals surface area contributed by atoms with E-state index in [0.717, 1.165) is 19.6 Å². The molecule has 3 rings (SSSR count). The number of rotatable bonds is 4. The first-order valence-corrected chi connectivity index (χ1v) is 8.08. The zero-order valence-corrected chi connectivity index (χ0v) is 14.0. The number of amides is 1. The van der Waals surface area contributed by atoms with Crippen LogP contribution < -0.4 is 5.32 Å². The zero-order valence-electron chi connectivity index (χ0n) is 14.0. The topological polar surface area (TPSA) is 50.2 Å². The van der Waals surface area contributed by atoms with E-state index in [2.05, 4.69) is 47.4 Å². The van der Waals surface area contributed by atoms with Gasteiger partial charge in [-0.05, 0) is 31.0 Å². The summed E-state index contributed by atoms with van der Waals surface area (Å²) in [6, 6.07) is 8.74. The Balaban J connectivity index is 1.79. The van der Waals surface area contributed by atoms with Gasteiger partial charge in [0.15, 0.2) is 0 Å². The summed E-state index contributed by atoms with van der Waals surface area (Å²) < 4.78 is 2.01. The highest BCUT2D eigenvalue weighted by Crippen LogP contribution is 2.25. The van der Waals surface area contributed by atoms with E-state index in [0.29, 0.717) is 6.42 Å². The molecule has 122 valence electrons. The molecule has 0 saturated carbocycles. The summed E-state index contributed by atoms with van der Waals surface area (Å²) in [5, 5.41) is 7.13. The van der Waals surface area contributed by atoms with Gasteiger partial charge in [0.1, 0.15) is 0 Å². The molecule has 2 heterocycles. The van der Waals surface area contributed by atoms with E-state index in [-0.39, 0.29) is 11.9 Å². The van der Waals surface area contributed by atoms with Crippen molar-refractivity contribution in [1.82, 2.24) is 20.0 Å². The van der Waals surface area contributed by atoms with E-state index in [1.165, 1.54) is 22.4 Å². The third kappa shape index (κ3) is 3.45. The van der Waals surface area contributed by atoms with Crippen molar-refractivity contribution in [2.75, 3.05) is 13.6 Å². The van der Waals surface area contributed by atoms with Crippen molar-refractivity contribution in [3.05, 3.63) is 52.8 Å². The maximum atomic E-state index is 11.8. The Labute approximate surface area is 137 Å². The van der Waals surface area contributed by atoms with Gasteiger partial charge in [0.05, 0.1) is 18.2 Å². The minimum atomic E-state index is 0.0602. The molecule has 1 N–H and O–H groups in total. The number of hydrogen-bond donors (Lipinski definition) is 1. The maximum absolute atomic E-state index is 11.8. The van der Waals surface area contributed by atoms with Gasteiger partial charge < -0.3 is 5.32 Å². The summed E-state index contributed by atoms with van der Waals surface area (Å²) in [4.78, 5) is 14.2.